The van der Waals surface area contributed by atoms with Gasteiger partial charge >= 0.3 is 5.97 Å². The van der Waals surface area contributed by atoms with E-state index in [1.807, 2.05) is 4.90 Å². The third kappa shape index (κ3) is 4.16. The van der Waals surface area contributed by atoms with E-state index in [2.05, 4.69) is 0 Å². The van der Waals surface area contributed by atoms with Gasteiger partial charge in [-0.1, -0.05) is 17.7 Å². The summed E-state index contributed by atoms with van der Waals surface area (Å²) in [5.74, 6) is -1.21. The molecule has 16 heavy (non-hydrogen) atoms. The van der Waals surface area contributed by atoms with Gasteiger partial charge in [0.25, 0.3) is 0 Å². The normalized spacial score (nSPS) is 10.8. The molecule has 0 fully saturated rings. The van der Waals surface area contributed by atoms with Crippen molar-refractivity contribution < 1.29 is 14.3 Å². The molecule has 0 amide bonds. The molecule has 0 atom stereocenters. The van der Waals surface area contributed by atoms with E-state index < -0.39 is 5.97 Å². The average molecular weight is 246 g/mol. The van der Waals surface area contributed by atoms with Crippen LogP contribution in [0.3, 0.4) is 0 Å². The van der Waals surface area contributed by atoms with E-state index in [1.165, 1.54) is 12.1 Å². The second kappa shape index (κ2) is 5.82. The van der Waals surface area contributed by atoms with Gasteiger partial charge in [0.05, 0.1) is 6.42 Å². The topological polar surface area (TPSA) is 40.5 Å². The summed E-state index contributed by atoms with van der Waals surface area (Å²) in [5, 5.41) is 8.88. The number of hydrogen-bond acceptors (Lipinski definition) is 2. The second-order valence-corrected chi connectivity index (χ2v) is 4.02. The van der Waals surface area contributed by atoms with Gasteiger partial charge in [-0.2, -0.15) is 0 Å². The maximum atomic E-state index is 12.8. The smallest absolute Gasteiger partial charge is 0.304 e. The number of hydrogen-bond donors (Lipinski definition) is 1. The lowest BCUT2D eigenvalue weighted by atomic mass is 10.2. The predicted octanol–water partition coefficient (Wildman–Crippen LogP) is 2.39. The van der Waals surface area contributed by atoms with Crippen LogP contribution in [0.5, 0.6) is 0 Å². The van der Waals surface area contributed by atoms with E-state index in [0.29, 0.717) is 18.1 Å². The molecule has 1 aromatic carbocycles. The van der Waals surface area contributed by atoms with Crippen molar-refractivity contribution in [3.05, 3.63) is 34.6 Å². The van der Waals surface area contributed by atoms with Crippen LogP contribution in [0.2, 0.25) is 5.02 Å². The average Bonchev–Trinajstić information content (AvgIpc) is 2.19. The van der Waals surface area contributed by atoms with E-state index in [1.54, 1.807) is 13.1 Å². The van der Waals surface area contributed by atoms with Crippen LogP contribution in [0.25, 0.3) is 0 Å². The lowest BCUT2D eigenvalue weighted by molar-refractivity contribution is -0.137. The first-order chi connectivity index (χ1) is 7.49. The van der Waals surface area contributed by atoms with Gasteiger partial charge in [-0.05, 0) is 24.7 Å². The molecule has 0 radical (unpaired) electrons. The quantitative estimate of drug-likeness (QED) is 0.866. The van der Waals surface area contributed by atoms with Crippen molar-refractivity contribution in [1.82, 2.24) is 4.90 Å². The lowest BCUT2D eigenvalue weighted by Gasteiger charge is -2.16. The number of nitrogens with zero attached hydrogens (tertiary/aromatic N) is 1. The Kier molecular flexibility index (Phi) is 4.71. The number of carboxylic acids is 1. The highest BCUT2D eigenvalue weighted by molar-refractivity contribution is 6.31. The number of rotatable bonds is 5. The van der Waals surface area contributed by atoms with Gasteiger partial charge in [0.15, 0.2) is 0 Å². The molecule has 0 aliphatic rings. The zero-order valence-electron chi connectivity index (χ0n) is 8.91. The summed E-state index contributed by atoms with van der Waals surface area (Å²) in [7, 11) is 1.79. The van der Waals surface area contributed by atoms with Crippen LogP contribution in [-0.2, 0) is 11.3 Å². The highest BCUT2D eigenvalue weighted by Gasteiger charge is 2.07. The van der Waals surface area contributed by atoms with E-state index in [-0.39, 0.29) is 12.2 Å². The maximum absolute atomic E-state index is 12.8. The van der Waals surface area contributed by atoms with Gasteiger partial charge in [-0.3, -0.25) is 4.79 Å². The van der Waals surface area contributed by atoms with Crippen LogP contribution in [0, 0.1) is 5.82 Å². The van der Waals surface area contributed by atoms with Crippen LogP contribution in [0.4, 0.5) is 4.39 Å². The molecule has 88 valence electrons. The summed E-state index contributed by atoms with van der Waals surface area (Å²) >= 11 is 5.85. The number of halogens is 2. The first kappa shape index (κ1) is 12.9. The molecule has 0 aliphatic heterocycles. The fourth-order valence-electron chi connectivity index (χ4n) is 1.31. The van der Waals surface area contributed by atoms with Gasteiger partial charge in [0.2, 0.25) is 0 Å². The molecule has 0 aromatic heterocycles. The molecule has 0 aliphatic carbocycles. The molecule has 0 spiro atoms. The lowest BCUT2D eigenvalue weighted by Crippen LogP contribution is -2.21. The van der Waals surface area contributed by atoms with Crippen LogP contribution in [-0.4, -0.2) is 29.6 Å². The third-order valence-electron chi connectivity index (χ3n) is 2.16. The van der Waals surface area contributed by atoms with Crippen LogP contribution >= 0.6 is 11.6 Å². The van der Waals surface area contributed by atoms with Gasteiger partial charge in [0, 0.05) is 18.1 Å². The Bertz CT molecular complexity index is 384. The molecule has 3 nitrogen and oxygen atoms in total. The third-order valence-corrected chi connectivity index (χ3v) is 2.51. The van der Waals surface area contributed by atoms with Crippen LogP contribution in [0.1, 0.15) is 12.0 Å². The van der Waals surface area contributed by atoms with Crippen molar-refractivity contribution >= 4 is 17.6 Å². The fourth-order valence-corrected chi connectivity index (χ4v) is 1.53. The second-order valence-electron chi connectivity index (χ2n) is 3.62. The molecule has 1 aromatic rings. The van der Waals surface area contributed by atoms with E-state index >= 15 is 0 Å². The van der Waals surface area contributed by atoms with Gasteiger partial charge in [-0.25, -0.2) is 4.39 Å². The van der Waals surface area contributed by atoms with Crippen molar-refractivity contribution in [3.63, 3.8) is 0 Å². The molecule has 0 bridgehead atoms. The Labute approximate surface area is 98.4 Å². The Morgan fingerprint density at radius 2 is 2.25 bits per heavy atom. The van der Waals surface area contributed by atoms with Crippen molar-refractivity contribution in [1.29, 1.82) is 0 Å². The van der Waals surface area contributed by atoms with Crippen LogP contribution in [0.15, 0.2) is 18.2 Å². The van der Waals surface area contributed by atoms with Crippen molar-refractivity contribution in [2.75, 3.05) is 13.6 Å². The molecular formula is C11H13ClFNO2. The monoisotopic (exact) mass is 245 g/mol. The highest BCUT2D eigenvalue weighted by atomic mass is 35.5. The van der Waals surface area contributed by atoms with Crippen LogP contribution < -0.4 is 0 Å². The summed E-state index contributed by atoms with van der Waals surface area (Å²) in [4.78, 5) is 12.2. The Morgan fingerprint density at radius 1 is 1.56 bits per heavy atom. The Hall–Kier alpha value is -1.13. The van der Waals surface area contributed by atoms with Gasteiger partial charge in [0.1, 0.15) is 5.82 Å². The Morgan fingerprint density at radius 3 is 2.81 bits per heavy atom. The number of carboxylic acid groups (broad SMARTS) is 1. The molecule has 1 rings (SSSR count). The van der Waals surface area contributed by atoms with E-state index in [4.69, 9.17) is 16.7 Å². The number of carbonyl (C=O) groups is 1. The highest BCUT2D eigenvalue weighted by Crippen LogP contribution is 2.18. The van der Waals surface area contributed by atoms with Gasteiger partial charge < -0.3 is 10.0 Å². The maximum Gasteiger partial charge on any atom is 0.304 e. The molecule has 0 heterocycles. The molecule has 1 N–H and O–H groups in total. The summed E-state index contributed by atoms with van der Waals surface area (Å²) in [6, 6.07) is 4.20. The summed E-state index contributed by atoms with van der Waals surface area (Å²) in [6.07, 6.45) is 0.0787. The minimum absolute atomic E-state index is 0.0787. The molecule has 0 saturated heterocycles. The first-order valence-corrected chi connectivity index (χ1v) is 5.21. The molecule has 0 unspecified atom stereocenters. The minimum Gasteiger partial charge on any atom is -0.481 e. The standard InChI is InChI=1S/C11H13ClFNO2/c1-14(5-4-11(15)16)7-8-2-3-9(13)6-10(8)12/h2-3,6H,4-5,7H2,1H3,(H,15,16). The van der Waals surface area contributed by atoms with Crippen molar-refractivity contribution in [3.8, 4) is 0 Å². The van der Waals surface area contributed by atoms with Gasteiger partial charge in [-0.15, -0.1) is 0 Å². The fraction of sp³-hybridized carbons (Fsp3) is 0.364. The first-order valence-electron chi connectivity index (χ1n) is 4.83. The number of aliphatic carboxylic acids is 1. The van der Waals surface area contributed by atoms with Crippen molar-refractivity contribution in [2.24, 2.45) is 0 Å². The SMILES string of the molecule is CN(CCC(=O)O)Cc1ccc(F)cc1Cl. The summed E-state index contributed by atoms with van der Waals surface area (Å²) in [5.41, 5.74) is 0.788. The minimum atomic E-state index is -0.836. The van der Waals surface area contributed by atoms with Crippen molar-refractivity contribution in [2.45, 2.75) is 13.0 Å². The largest absolute Gasteiger partial charge is 0.481 e. The summed E-state index contributed by atoms with van der Waals surface area (Å²) in [6.45, 7) is 0.940. The Balaban J connectivity index is 2.55. The zero-order chi connectivity index (χ0) is 12.1. The number of benzene rings is 1. The van der Waals surface area contributed by atoms with E-state index in [9.17, 15) is 9.18 Å². The zero-order valence-corrected chi connectivity index (χ0v) is 9.67. The molecule has 5 heteroatoms. The summed E-state index contributed by atoms with van der Waals surface area (Å²) < 4.78 is 12.8. The molecular weight excluding hydrogens is 233 g/mol. The predicted molar refractivity (Wildman–Crippen MR) is 60.0 cm³/mol. The molecule has 0 saturated carbocycles. The van der Waals surface area contributed by atoms with E-state index in [0.717, 1.165) is 5.56 Å².